The van der Waals surface area contributed by atoms with Gasteiger partial charge in [-0.05, 0) is 19.1 Å². The molecule has 1 aromatic heterocycles. The van der Waals surface area contributed by atoms with Crippen molar-refractivity contribution in [2.24, 2.45) is 0 Å². The number of hydrogen-bond donors (Lipinski definition) is 1. The minimum absolute atomic E-state index is 0.269. The molecule has 0 bridgehead atoms. The summed E-state index contributed by atoms with van der Waals surface area (Å²) in [5.41, 5.74) is 2.86. The second kappa shape index (κ2) is 4.47. The van der Waals surface area contributed by atoms with Gasteiger partial charge in [-0.1, -0.05) is 17.7 Å². The average Bonchev–Trinajstić information content (AvgIpc) is 2.83. The summed E-state index contributed by atoms with van der Waals surface area (Å²) in [6, 6.07) is 6.81. The van der Waals surface area contributed by atoms with Crippen LogP contribution in [-0.4, -0.2) is 24.1 Å². The summed E-state index contributed by atoms with van der Waals surface area (Å²) < 4.78 is 26.0. The quantitative estimate of drug-likeness (QED) is 0.892. The molecule has 1 aliphatic heterocycles. The molecule has 0 saturated carbocycles. The molecule has 1 aromatic carbocycles. The summed E-state index contributed by atoms with van der Waals surface area (Å²) in [7, 11) is -3.57. The second-order valence-electron chi connectivity index (χ2n) is 4.72. The van der Waals surface area contributed by atoms with Crippen LogP contribution in [0, 0.1) is 6.92 Å². The maximum atomic E-state index is 12.4. The van der Waals surface area contributed by atoms with Gasteiger partial charge >= 0.3 is 0 Å². The Kier molecular flexibility index (Phi) is 2.91. The van der Waals surface area contributed by atoms with Crippen molar-refractivity contribution in [3.05, 3.63) is 47.3 Å². The van der Waals surface area contributed by atoms with Gasteiger partial charge in [-0.15, -0.1) is 0 Å². The fourth-order valence-electron chi connectivity index (χ4n) is 2.15. The highest BCUT2D eigenvalue weighted by Crippen LogP contribution is 2.18. The Morgan fingerprint density at radius 2 is 2.00 bits per heavy atom. The average molecular weight is 277 g/mol. The van der Waals surface area contributed by atoms with E-state index in [1.54, 1.807) is 30.5 Å². The molecule has 0 unspecified atom stereocenters. The molecule has 3 rings (SSSR count). The third kappa shape index (κ3) is 2.17. The van der Waals surface area contributed by atoms with E-state index in [0.29, 0.717) is 6.54 Å². The van der Waals surface area contributed by atoms with Crippen molar-refractivity contribution >= 4 is 10.0 Å². The number of aromatic nitrogens is 2. The minimum Gasteiger partial charge on any atom is -0.312 e. The Morgan fingerprint density at radius 3 is 2.68 bits per heavy atom. The molecule has 0 amide bonds. The smallest absolute Gasteiger partial charge is 0.282 e. The number of benzene rings is 1. The molecule has 0 radical (unpaired) electrons. The first-order valence-corrected chi connectivity index (χ1v) is 7.62. The van der Waals surface area contributed by atoms with E-state index in [4.69, 9.17) is 0 Å². The van der Waals surface area contributed by atoms with Crippen molar-refractivity contribution in [1.82, 2.24) is 14.5 Å². The number of hydrogen-bond acceptors (Lipinski definition) is 4. The standard InChI is InChI=1S/C13H15N3O2S/c1-10-2-4-12(5-3-10)19(17,18)16-9-11-8-14-7-6-13(11)15-16/h2-5,9,14H,6-8H2,1H3. The zero-order valence-corrected chi connectivity index (χ0v) is 11.4. The van der Waals surface area contributed by atoms with Crippen LogP contribution in [0.25, 0.3) is 0 Å². The van der Waals surface area contributed by atoms with Gasteiger partial charge in [-0.3, -0.25) is 0 Å². The van der Waals surface area contributed by atoms with Crippen LogP contribution >= 0.6 is 0 Å². The molecule has 0 aliphatic carbocycles. The lowest BCUT2D eigenvalue weighted by Crippen LogP contribution is -2.22. The van der Waals surface area contributed by atoms with Gasteiger partial charge in [-0.25, -0.2) is 0 Å². The van der Waals surface area contributed by atoms with Crippen LogP contribution in [-0.2, 0) is 23.0 Å². The molecule has 19 heavy (non-hydrogen) atoms. The maximum Gasteiger partial charge on any atom is 0.282 e. The monoisotopic (exact) mass is 277 g/mol. The number of aryl methyl sites for hydroxylation is 1. The van der Waals surface area contributed by atoms with Gasteiger partial charge in [-0.2, -0.15) is 17.6 Å². The highest BCUT2D eigenvalue weighted by Gasteiger charge is 2.21. The normalized spacial score (nSPS) is 15.2. The molecule has 2 aromatic rings. The second-order valence-corrected chi connectivity index (χ2v) is 6.51. The van der Waals surface area contributed by atoms with Gasteiger partial charge in [0.25, 0.3) is 10.0 Å². The van der Waals surface area contributed by atoms with Crippen LogP contribution in [0.1, 0.15) is 16.8 Å². The van der Waals surface area contributed by atoms with Gasteiger partial charge in [0.2, 0.25) is 0 Å². The molecule has 0 fully saturated rings. The lowest BCUT2D eigenvalue weighted by Gasteiger charge is -2.09. The topological polar surface area (TPSA) is 64.0 Å². The molecule has 6 heteroatoms. The maximum absolute atomic E-state index is 12.4. The van der Waals surface area contributed by atoms with Crippen LogP contribution in [0.15, 0.2) is 35.4 Å². The SMILES string of the molecule is Cc1ccc(S(=O)(=O)n2cc3c(n2)CCNC3)cc1. The molecule has 2 heterocycles. The van der Waals surface area contributed by atoms with E-state index in [1.807, 2.05) is 6.92 Å². The summed E-state index contributed by atoms with van der Waals surface area (Å²) in [5.74, 6) is 0. The first-order chi connectivity index (χ1) is 9.07. The zero-order chi connectivity index (χ0) is 13.5. The first-order valence-electron chi connectivity index (χ1n) is 6.18. The van der Waals surface area contributed by atoms with Crippen molar-refractivity contribution in [3.63, 3.8) is 0 Å². The molecule has 0 saturated heterocycles. The Balaban J connectivity index is 2.04. The largest absolute Gasteiger partial charge is 0.312 e. The third-order valence-corrected chi connectivity index (χ3v) is 4.82. The van der Waals surface area contributed by atoms with Crippen LogP contribution in [0.5, 0.6) is 0 Å². The molecular formula is C13H15N3O2S. The Labute approximate surface area is 112 Å². The van der Waals surface area contributed by atoms with Gasteiger partial charge in [0.1, 0.15) is 0 Å². The number of nitrogens with one attached hydrogen (secondary N) is 1. The number of fused-ring (bicyclic) bond motifs is 1. The first kappa shape index (κ1) is 12.4. The predicted octanol–water partition coefficient (Wildman–Crippen LogP) is 1.07. The van der Waals surface area contributed by atoms with Crippen LogP contribution in [0.3, 0.4) is 0 Å². The van der Waals surface area contributed by atoms with E-state index in [0.717, 1.165) is 33.9 Å². The highest BCUT2D eigenvalue weighted by atomic mass is 32.2. The van der Waals surface area contributed by atoms with Crippen molar-refractivity contribution in [3.8, 4) is 0 Å². The lowest BCUT2D eigenvalue weighted by molar-refractivity contribution is 0.578. The Morgan fingerprint density at radius 1 is 1.26 bits per heavy atom. The summed E-state index contributed by atoms with van der Waals surface area (Å²) in [6.45, 7) is 3.45. The van der Waals surface area contributed by atoms with Gasteiger partial charge in [0, 0.05) is 31.3 Å². The summed E-state index contributed by atoms with van der Waals surface area (Å²) >= 11 is 0. The fraction of sp³-hybridized carbons (Fsp3) is 0.308. The van der Waals surface area contributed by atoms with Crippen molar-refractivity contribution in [1.29, 1.82) is 0 Å². The van der Waals surface area contributed by atoms with Crippen LogP contribution in [0.2, 0.25) is 0 Å². The number of nitrogens with zero attached hydrogens (tertiary/aromatic N) is 2. The Hall–Kier alpha value is -1.66. The number of rotatable bonds is 2. The van der Waals surface area contributed by atoms with Crippen LogP contribution in [0.4, 0.5) is 0 Å². The Bertz CT molecular complexity index is 678. The van der Waals surface area contributed by atoms with Crippen molar-refractivity contribution in [2.45, 2.75) is 24.8 Å². The van der Waals surface area contributed by atoms with Gasteiger partial charge < -0.3 is 5.32 Å². The van der Waals surface area contributed by atoms with Gasteiger partial charge in [0.15, 0.2) is 0 Å². The van der Waals surface area contributed by atoms with E-state index in [-0.39, 0.29) is 4.90 Å². The predicted molar refractivity (Wildman–Crippen MR) is 71.4 cm³/mol. The summed E-state index contributed by atoms with van der Waals surface area (Å²) in [4.78, 5) is 0.269. The molecule has 1 aliphatic rings. The summed E-state index contributed by atoms with van der Waals surface area (Å²) in [6.07, 6.45) is 2.38. The molecule has 5 nitrogen and oxygen atoms in total. The van der Waals surface area contributed by atoms with E-state index in [1.165, 1.54) is 0 Å². The fourth-order valence-corrected chi connectivity index (χ4v) is 3.32. The molecule has 100 valence electrons. The van der Waals surface area contributed by atoms with E-state index in [2.05, 4.69) is 10.4 Å². The van der Waals surface area contributed by atoms with Crippen LogP contribution < -0.4 is 5.32 Å². The molecule has 0 spiro atoms. The van der Waals surface area contributed by atoms with E-state index < -0.39 is 10.0 Å². The highest BCUT2D eigenvalue weighted by molar-refractivity contribution is 7.89. The van der Waals surface area contributed by atoms with E-state index in [9.17, 15) is 8.42 Å². The zero-order valence-electron chi connectivity index (χ0n) is 10.6. The lowest BCUT2D eigenvalue weighted by atomic mass is 10.1. The summed E-state index contributed by atoms with van der Waals surface area (Å²) in [5, 5.41) is 7.41. The minimum atomic E-state index is -3.57. The van der Waals surface area contributed by atoms with Crippen molar-refractivity contribution in [2.75, 3.05) is 6.54 Å². The molecule has 1 N–H and O–H groups in total. The van der Waals surface area contributed by atoms with E-state index >= 15 is 0 Å². The van der Waals surface area contributed by atoms with Crippen molar-refractivity contribution < 1.29 is 8.42 Å². The molecular weight excluding hydrogens is 262 g/mol. The third-order valence-electron chi connectivity index (χ3n) is 3.28. The van der Waals surface area contributed by atoms with Gasteiger partial charge in [0.05, 0.1) is 10.6 Å². The molecule has 0 atom stereocenters.